The summed E-state index contributed by atoms with van der Waals surface area (Å²) in [6, 6.07) is 7.70. The van der Waals surface area contributed by atoms with E-state index in [-0.39, 0.29) is 18.4 Å². The molecule has 1 N–H and O–H groups in total. The summed E-state index contributed by atoms with van der Waals surface area (Å²) in [6.07, 6.45) is 1.30. The van der Waals surface area contributed by atoms with Crippen LogP contribution in [0, 0.1) is 6.92 Å². The largest absolute Gasteiger partial charge is 0.443 e. The first-order chi connectivity index (χ1) is 10.4. The van der Waals surface area contributed by atoms with Crippen molar-refractivity contribution in [2.24, 2.45) is 0 Å². The van der Waals surface area contributed by atoms with Crippen LogP contribution >= 0.6 is 0 Å². The number of amides is 1. The lowest BCUT2D eigenvalue weighted by Crippen LogP contribution is -2.35. The van der Waals surface area contributed by atoms with Crippen molar-refractivity contribution in [1.29, 1.82) is 0 Å². The first-order valence-corrected chi connectivity index (χ1v) is 9.08. The number of hydrogen-bond donors (Lipinski definition) is 1. The smallest absolute Gasteiger partial charge is 0.410 e. The summed E-state index contributed by atoms with van der Waals surface area (Å²) in [5.41, 5.74) is 1.77. The van der Waals surface area contributed by atoms with Gasteiger partial charge in [-0.3, -0.25) is 0 Å². The van der Waals surface area contributed by atoms with Gasteiger partial charge < -0.3 is 9.64 Å². The number of carbonyl (C=O) groups is 1. The fourth-order valence-corrected chi connectivity index (χ4v) is 3.78. The zero-order valence-corrected chi connectivity index (χ0v) is 13.3. The quantitative estimate of drug-likeness (QED) is 0.858. The van der Waals surface area contributed by atoms with Crippen LogP contribution in [-0.4, -0.2) is 44.6 Å². The van der Waals surface area contributed by atoms with Crippen LogP contribution in [0.4, 0.5) is 4.79 Å². The molecule has 1 aromatic rings. The van der Waals surface area contributed by atoms with E-state index >= 15 is 0 Å². The molecule has 2 aliphatic rings. The van der Waals surface area contributed by atoms with Crippen molar-refractivity contribution in [2.75, 3.05) is 13.1 Å². The van der Waals surface area contributed by atoms with Crippen molar-refractivity contribution in [3.05, 3.63) is 35.4 Å². The van der Waals surface area contributed by atoms with Gasteiger partial charge in [-0.05, 0) is 25.3 Å². The molecule has 1 atom stereocenters. The summed E-state index contributed by atoms with van der Waals surface area (Å²) >= 11 is 0. The fraction of sp³-hybridized carbons (Fsp3) is 0.533. The number of carbonyl (C=O) groups excluding carboxylic acids is 1. The summed E-state index contributed by atoms with van der Waals surface area (Å²) in [7, 11) is -3.44. The van der Waals surface area contributed by atoms with Crippen molar-refractivity contribution in [3.8, 4) is 0 Å². The van der Waals surface area contributed by atoms with E-state index in [9.17, 15) is 13.2 Å². The molecule has 1 amide bonds. The lowest BCUT2D eigenvalue weighted by atomic mass is 10.2. The molecule has 0 aromatic heterocycles. The van der Waals surface area contributed by atoms with Crippen LogP contribution in [-0.2, 0) is 20.5 Å². The molecule has 3 rings (SSSR count). The van der Waals surface area contributed by atoms with Crippen molar-refractivity contribution in [1.82, 2.24) is 9.62 Å². The maximum Gasteiger partial charge on any atom is 0.410 e. The third-order valence-electron chi connectivity index (χ3n) is 3.86. The lowest BCUT2D eigenvalue weighted by molar-refractivity contribution is 0.133. The minimum Gasteiger partial charge on any atom is -0.443 e. The fourth-order valence-electron chi connectivity index (χ4n) is 2.62. The van der Waals surface area contributed by atoms with Gasteiger partial charge in [0.25, 0.3) is 0 Å². The first kappa shape index (κ1) is 15.3. The van der Waals surface area contributed by atoms with E-state index in [1.807, 2.05) is 25.1 Å². The van der Waals surface area contributed by atoms with Gasteiger partial charge in [0, 0.05) is 12.6 Å². The topological polar surface area (TPSA) is 75.7 Å². The second-order valence-electron chi connectivity index (χ2n) is 5.99. The molecule has 1 unspecified atom stereocenters. The van der Waals surface area contributed by atoms with E-state index in [2.05, 4.69) is 4.72 Å². The second-order valence-corrected chi connectivity index (χ2v) is 7.79. The average molecular weight is 324 g/mol. The van der Waals surface area contributed by atoms with E-state index < -0.39 is 16.1 Å². The number of benzene rings is 1. The maximum atomic E-state index is 12.1. The molecule has 0 spiro atoms. The third-order valence-corrected chi connectivity index (χ3v) is 5.18. The Labute approximate surface area is 130 Å². The Morgan fingerprint density at radius 1 is 1.36 bits per heavy atom. The van der Waals surface area contributed by atoms with Crippen LogP contribution in [0.15, 0.2) is 24.3 Å². The molecule has 1 aliphatic carbocycles. The predicted molar refractivity (Wildman–Crippen MR) is 81.8 cm³/mol. The normalized spacial score (nSPS) is 22.0. The highest BCUT2D eigenvalue weighted by Crippen LogP contribution is 2.30. The molecule has 1 aromatic carbocycles. The van der Waals surface area contributed by atoms with E-state index in [0.717, 1.165) is 24.0 Å². The van der Waals surface area contributed by atoms with Gasteiger partial charge in [-0.15, -0.1) is 0 Å². The Bertz CT molecular complexity index is 670. The van der Waals surface area contributed by atoms with Gasteiger partial charge in [-0.2, -0.15) is 0 Å². The summed E-state index contributed by atoms with van der Waals surface area (Å²) in [4.78, 5) is 13.3. The highest BCUT2D eigenvalue weighted by molar-refractivity contribution is 7.88. The van der Waals surface area contributed by atoms with Crippen LogP contribution in [0.1, 0.15) is 24.0 Å². The Hall–Kier alpha value is -1.60. The van der Waals surface area contributed by atoms with Crippen LogP contribution in [0.5, 0.6) is 0 Å². The molecule has 0 bridgehead atoms. The van der Waals surface area contributed by atoms with Gasteiger partial charge >= 0.3 is 6.09 Å². The predicted octanol–water partition coefficient (Wildman–Crippen LogP) is 1.40. The summed E-state index contributed by atoms with van der Waals surface area (Å²) < 4.78 is 32.0. The number of rotatable bonds is 6. The van der Waals surface area contributed by atoms with E-state index in [0.29, 0.717) is 12.6 Å². The monoisotopic (exact) mass is 324 g/mol. The molecule has 7 heteroatoms. The van der Waals surface area contributed by atoms with Gasteiger partial charge in [-0.25, -0.2) is 17.9 Å². The summed E-state index contributed by atoms with van der Waals surface area (Å²) in [6.45, 7) is 2.52. The zero-order valence-electron chi connectivity index (χ0n) is 12.5. The van der Waals surface area contributed by atoms with Gasteiger partial charge in [0.15, 0.2) is 0 Å². The molecular weight excluding hydrogens is 304 g/mol. The van der Waals surface area contributed by atoms with Crippen molar-refractivity contribution < 1.29 is 17.9 Å². The van der Waals surface area contributed by atoms with Crippen molar-refractivity contribution >= 4 is 16.1 Å². The maximum absolute atomic E-state index is 12.1. The number of aryl methyl sites for hydroxylation is 1. The minimum absolute atomic E-state index is 0.0678. The van der Waals surface area contributed by atoms with Crippen LogP contribution in [0.2, 0.25) is 0 Å². The van der Waals surface area contributed by atoms with E-state index in [4.69, 9.17) is 4.74 Å². The van der Waals surface area contributed by atoms with Crippen molar-refractivity contribution in [3.63, 3.8) is 0 Å². The number of cyclic esters (lactones) is 1. The average Bonchev–Trinajstić information content (AvgIpc) is 3.20. The van der Waals surface area contributed by atoms with Crippen molar-refractivity contribution in [2.45, 2.75) is 37.7 Å². The molecule has 6 nitrogen and oxygen atoms in total. The first-order valence-electron chi connectivity index (χ1n) is 7.43. The van der Waals surface area contributed by atoms with Gasteiger partial charge in [0.1, 0.15) is 6.10 Å². The minimum atomic E-state index is -3.44. The molecule has 22 heavy (non-hydrogen) atoms. The van der Waals surface area contributed by atoms with E-state index in [1.165, 1.54) is 0 Å². The molecule has 1 saturated carbocycles. The number of ether oxygens (including phenoxy) is 1. The molecule has 2 fully saturated rings. The number of nitrogens with zero attached hydrogens (tertiary/aromatic N) is 1. The third kappa shape index (κ3) is 3.78. The summed E-state index contributed by atoms with van der Waals surface area (Å²) in [5.74, 6) is -0.0678. The standard InChI is InChI=1S/C15H20N2O4S/c1-11-3-2-4-12(7-11)10-22(19,20)16-8-14-9-17(13-5-6-13)15(18)21-14/h2-4,7,13-14,16H,5-6,8-10H2,1H3. The molecule has 1 aliphatic heterocycles. The second kappa shape index (κ2) is 5.89. The molecule has 120 valence electrons. The lowest BCUT2D eigenvalue weighted by Gasteiger charge is -2.12. The highest BCUT2D eigenvalue weighted by Gasteiger charge is 2.41. The van der Waals surface area contributed by atoms with E-state index in [1.54, 1.807) is 11.0 Å². The number of hydrogen-bond acceptors (Lipinski definition) is 4. The summed E-state index contributed by atoms with van der Waals surface area (Å²) in [5, 5.41) is 0. The number of nitrogens with one attached hydrogen (secondary N) is 1. The highest BCUT2D eigenvalue weighted by atomic mass is 32.2. The van der Waals surface area contributed by atoms with Gasteiger partial charge in [0.2, 0.25) is 10.0 Å². The van der Waals surface area contributed by atoms with Crippen LogP contribution in [0.3, 0.4) is 0 Å². The Kier molecular flexibility index (Phi) is 4.10. The molecule has 1 heterocycles. The van der Waals surface area contributed by atoms with Crippen LogP contribution in [0.25, 0.3) is 0 Å². The Morgan fingerprint density at radius 3 is 2.82 bits per heavy atom. The molecule has 1 saturated heterocycles. The SMILES string of the molecule is Cc1cccc(CS(=O)(=O)NCC2CN(C3CC3)C(=O)O2)c1. The molecule has 0 radical (unpaired) electrons. The zero-order chi connectivity index (χ0) is 15.7. The Balaban J connectivity index is 1.53. The van der Waals surface area contributed by atoms with Gasteiger partial charge in [-0.1, -0.05) is 29.8 Å². The molecular formula is C15H20N2O4S. The van der Waals surface area contributed by atoms with Gasteiger partial charge in [0.05, 0.1) is 12.3 Å². The number of sulfonamides is 1. The Morgan fingerprint density at radius 2 is 2.14 bits per heavy atom. The van der Waals surface area contributed by atoms with Crippen LogP contribution < -0.4 is 4.72 Å².